The van der Waals surface area contributed by atoms with E-state index >= 15 is 0 Å². The molecule has 1 aromatic carbocycles. The fourth-order valence-corrected chi connectivity index (χ4v) is 3.73. The Morgan fingerprint density at radius 3 is 2.70 bits per heavy atom. The van der Waals surface area contributed by atoms with E-state index in [0.717, 1.165) is 18.7 Å². The molecule has 3 rings (SSSR count). The highest BCUT2D eigenvalue weighted by molar-refractivity contribution is 5.51. The van der Waals surface area contributed by atoms with Crippen LogP contribution >= 0.6 is 0 Å². The van der Waals surface area contributed by atoms with Gasteiger partial charge < -0.3 is 10.2 Å². The Balaban J connectivity index is 1.84. The lowest BCUT2D eigenvalue weighted by Gasteiger charge is -2.50. The molecular weight excluding hydrogens is 251 g/mol. The minimum absolute atomic E-state index is 0.107. The number of aryl methyl sites for hydroxylation is 1. The number of rotatable bonds is 1. The molecule has 20 heavy (non-hydrogen) atoms. The molecule has 110 valence electrons. The molecule has 1 aliphatic carbocycles. The van der Waals surface area contributed by atoms with Gasteiger partial charge in [-0.05, 0) is 50.5 Å². The molecule has 1 spiro atoms. The highest BCUT2D eigenvalue weighted by Crippen LogP contribution is 2.34. The maximum Gasteiger partial charge on any atom is 0.126 e. The summed E-state index contributed by atoms with van der Waals surface area (Å²) in [5.41, 5.74) is 2.20. The van der Waals surface area contributed by atoms with Gasteiger partial charge in [0.1, 0.15) is 5.82 Å². The van der Waals surface area contributed by atoms with Gasteiger partial charge in [0, 0.05) is 30.4 Å². The van der Waals surface area contributed by atoms with Gasteiger partial charge in [-0.3, -0.25) is 0 Å². The SMILES string of the molecule is Cc1cc(N2CC3(CCCCC3)NCC2C)ccc1F. The monoisotopic (exact) mass is 276 g/mol. The molecule has 2 nitrogen and oxygen atoms in total. The zero-order valence-corrected chi connectivity index (χ0v) is 12.6. The predicted molar refractivity (Wildman–Crippen MR) is 81.8 cm³/mol. The third-order valence-electron chi connectivity index (χ3n) is 5.06. The molecule has 0 amide bonds. The van der Waals surface area contributed by atoms with Crippen molar-refractivity contribution in [3.8, 4) is 0 Å². The number of halogens is 1. The molecule has 1 atom stereocenters. The van der Waals surface area contributed by atoms with Crippen molar-refractivity contribution < 1.29 is 4.39 Å². The first-order valence-corrected chi connectivity index (χ1v) is 7.87. The molecule has 2 fully saturated rings. The maximum absolute atomic E-state index is 13.5. The maximum atomic E-state index is 13.5. The third-order valence-corrected chi connectivity index (χ3v) is 5.06. The summed E-state index contributed by atoms with van der Waals surface area (Å²) in [5.74, 6) is -0.107. The summed E-state index contributed by atoms with van der Waals surface area (Å²) in [6, 6.07) is 5.99. The van der Waals surface area contributed by atoms with E-state index in [4.69, 9.17) is 0 Å². The number of benzene rings is 1. The standard InChI is InChI=1S/C17H25FN2/c1-13-10-15(6-7-16(13)18)20-12-17(19-11-14(20)2)8-4-3-5-9-17/h6-7,10,14,19H,3-5,8-9,11-12H2,1-2H3. The normalized spacial score (nSPS) is 25.9. The van der Waals surface area contributed by atoms with Crippen LogP contribution < -0.4 is 10.2 Å². The molecule has 1 heterocycles. The van der Waals surface area contributed by atoms with Crippen LogP contribution in [0.2, 0.25) is 0 Å². The molecule has 2 aliphatic rings. The molecule has 0 bridgehead atoms. The summed E-state index contributed by atoms with van der Waals surface area (Å²) >= 11 is 0. The first-order chi connectivity index (χ1) is 9.60. The molecule has 1 saturated heterocycles. The summed E-state index contributed by atoms with van der Waals surface area (Å²) in [6.07, 6.45) is 6.58. The van der Waals surface area contributed by atoms with Crippen LogP contribution in [0.1, 0.15) is 44.6 Å². The topological polar surface area (TPSA) is 15.3 Å². The average Bonchev–Trinajstić information content (AvgIpc) is 2.46. The average molecular weight is 276 g/mol. The molecule has 1 saturated carbocycles. The van der Waals surface area contributed by atoms with Crippen molar-refractivity contribution in [3.05, 3.63) is 29.6 Å². The van der Waals surface area contributed by atoms with Crippen LogP contribution in [-0.2, 0) is 0 Å². The Labute approximate surface area is 121 Å². The lowest BCUT2D eigenvalue weighted by atomic mass is 9.79. The van der Waals surface area contributed by atoms with Crippen LogP contribution in [0.15, 0.2) is 18.2 Å². The number of hydrogen-bond donors (Lipinski definition) is 1. The van der Waals surface area contributed by atoms with Gasteiger partial charge in [-0.25, -0.2) is 4.39 Å². The van der Waals surface area contributed by atoms with Crippen molar-refractivity contribution >= 4 is 5.69 Å². The van der Waals surface area contributed by atoms with Crippen LogP contribution in [0.3, 0.4) is 0 Å². The minimum atomic E-state index is -0.107. The summed E-state index contributed by atoms with van der Waals surface area (Å²) in [4.78, 5) is 2.47. The lowest BCUT2D eigenvalue weighted by molar-refractivity contribution is 0.200. The first kappa shape index (κ1) is 13.9. The van der Waals surface area contributed by atoms with E-state index in [1.54, 1.807) is 6.07 Å². The number of hydrogen-bond acceptors (Lipinski definition) is 2. The van der Waals surface area contributed by atoms with Crippen molar-refractivity contribution in [2.45, 2.75) is 57.5 Å². The second-order valence-electron chi connectivity index (χ2n) is 6.63. The van der Waals surface area contributed by atoms with Crippen LogP contribution in [0, 0.1) is 12.7 Å². The highest BCUT2D eigenvalue weighted by Gasteiger charge is 2.38. The lowest BCUT2D eigenvalue weighted by Crippen LogP contribution is -2.64. The molecule has 3 heteroatoms. The summed E-state index contributed by atoms with van der Waals surface area (Å²) in [7, 11) is 0. The molecule has 1 aromatic rings. The number of anilines is 1. The fraction of sp³-hybridized carbons (Fsp3) is 0.647. The molecular formula is C17H25FN2. The number of nitrogens with one attached hydrogen (secondary N) is 1. The van der Waals surface area contributed by atoms with Gasteiger partial charge in [-0.1, -0.05) is 19.3 Å². The van der Waals surface area contributed by atoms with E-state index in [0.29, 0.717) is 6.04 Å². The Kier molecular flexibility index (Phi) is 3.72. The largest absolute Gasteiger partial charge is 0.366 e. The highest BCUT2D eigenvalue weighted by atomic mass is 19.1. The van der Waals surface area contributed by atoms with Gasteiger partial charge in [0.25, 0.3) is 0 Å². The second kappa shape index (κ2) is 5.36. The molecule has 1 N–H and O–H groups in total. The molecule has 0 aromatic heterocycles. The van der Waals surface area contributed by atoms with Crippen molar-refractivity contribution in [1.29, 1.82) is 0 Å². The van der Waals surface area contributed by atoms with E-state index in [9.17, 15) is 4.39 Å². The van der Waals surface area contributed by atoms with Gasteiger partial charge in [0.2, 0.25) is 0 Å². The summed E-state index contributed by atoms with van der Waals surface area (Å²) in [6.45, 7) is 6.18. The zero-order chi connectivity index (χ0) is 14.2. The first-order valence-electron chi connectivity index (χ1n) is 7.87. The van der Waals surface area contributed by atoms with Crippen LogP contribution in [0.5, 0.6) is 0 Å². The van der Waals surface area contributed by atoms with Crippen molar-refractivity contribution in [1.82, 2.24) is 5.32 Å². The van der Waals surface area contributed by atoms with Gasteiger partial charge in [0.15, 0.2) is 0 Å². The van der Waals surface area contributed by atoms with E-state index in [1.807, 2.05) is 19.1 Å². The molecule has 1 aliphatic heterocycles. The molecule has 0 radical (unpaired) electrons. The van der Waals surface area contributed by atoms with Crippen molar-refractivity contribution in [2.24, 2.45) is 0 Å². The van der Waals surface area contributed by atoms with E-state index < -0.39 is 0 Å². The van der Waals surface area contributed by atoms with Crippen LogP contribution in [-0.4, -0.2) is 24.7 Å². The quantitative estimate of drug-likeness (QED) is 0.842. The Bertz CT molecular complexity index is 480. The van der Waals surface area contributed by atoms with E-state index in [-0.39, 0.29) is 11.4 Å². The second-order valence-corrected chi connectivity index (χ2v) is 6.63. The van der Waals surface area contributed by atoms with Gasteiger partial charge >= 0.3 is 0 Å². The summed E-state index contributed by atoms with van der Waals surface area (Å²) < 4.78 is 13.5. The van der Waals surface area contributed by atoms with Crippen molar-refractivity contribution in [2.75, 3.05) is 18.0 Å². The van der Waals surface area contributed by atoms with E-state index in [2.05, 4.69) is 17.1 Å². The summed E-state index contributed by atoms with van der Waals surface area (Å²) in [5, 5.41) is 3.79. The van der Waals surface area contributed by atoms with Gasteiger partial charge in [-0.15, -0.1) is 0 Å². The predicted octanol–water partition coefficient (Wildman–Crippen LogP) is 3.64. The smallest absolute Gasteiger partial charge is 0.126 e. The Hall–Kier alpha value is -1.09. The molecule has 1 unspecified atom stereocenters. The van der Waals surface area contributed by atoms with E-state index in [1.165, 1.54) is 37.8 Å². The number of nitrogens with zero attached hydrogens (tertiary/aromatic N) is 1. The van der Waals surface area contributed by atoms with Crippen LogP contribution in [0.4, 0.5) is 10.1 Å². The van der Waals surface area contributed by atoms with Crippen molar-refractivity contribution in [3.63, 3.8) is 0 Å². The fourth-order valence-electron chi connectivity index (χ4n) is 3.73. The third kappa shape index (κ3) is 2.56. The van der Waals surface area contributed by atoms with Gasteiger partial charge in [0.05, 0.1) is 0 Å². The minimum Gasteiger partial charge on any atom is -0.366 e. The Morgan fingerprint density at radius 2 is 2.00 bits per heavy atom. The number of piperazine rings is 1. The Morgan fingerprint density at radius 1 is 1.25 bits per heavy atom. The van der Waals surface area contributed by atoms with Crippen LogP contribution in [0.25, 0.3) is 0 Å². The van der Waals surface area contributed by atoms with Gasteiger partial charge in [-0.2, -0.15) is 0 Å². The zero-order valence-electron chi connectivity index (χ0n) is 12.6.